The summed E-state index contributed by atoms with van der Waals surface area (Å²) >= 11 is 0. The van der Waals surface area contributed by atoms with Crippen molar-refractivity contribution < 1.29 is 4.79 Å². The summed E-state index contributed by atoms with van der Waals surface area (Å²) in [5, 5.41) is 0. The lowest BCUT2D eigenvalue weighted by Crippen LogP contribution is -1.97. The molecule has 0 N–H and O–H groups in total. The predicted octanol–water partition coefficient (Wildman–Crippen LogP) is 1.30. The fourth-order valence-corrected chi connectivity index (χ4v) is 1.29. The maximum absolute atomic E-state index is 10.2. The third-order valence-corrected chi connectivity index (χ3v) is 2.05. The van der Waals surface area contributed by atoms with Gasteiger partial charge in [0.25, 0.3) is 0 Å². The number of carbonyl (C=O) groups excluding carboxylic acids is 1. The van der Waals surface area contributed by atoms with Crippen molar-refractivity contribution in [3.8, 4) is 0 Å². The van der Waals surface area contributed by atoms with Gasteiger partial charge in [-0.3, -0.25) is 4.79 Å². The maximum atomic E-state index is 10.2. The van der Waals surface area contributed by atoms with Gasteiger partial charge in [-0.1, -0.05) is 0 Å². The van der Waals surface area contributed by atoms with E-state index in [1.807, 2.05) is 28.9 Å². The average Bonchev–Trinajstić information content (AvgIpc) is 2.64. The number of imidazole rings is 1. The molecule has 2 aromatic heterocycles. The summed E-state index contributed by atoms with van der Waals surface area (Å²) in [7, 11) is 0. The highest BCUT2D eigenvalue weighted by Crippen LogP contribution is 2.05. The summed E-state index contributed by atoms with van der Waals surface area (Å²) in [5.74, 6) is 0. The van der Waals surface area contributed by atoms with Crippen LogP contribution in [-0.2, 0) is 4.79 Å². The van der Waals surface area contributed by atoms with Crippen molar-refractivity contribution in [3.63, 3.8) is 0 Å². The second kappa shape index (κ2) is 3.41. The Hall–Kier alpha value is -1.97. The molecule has 0 radical (unpaired) electrons. The predicted molar refractivity (Wildman–Crippen MR) is 53.5 cm³/mol. The second-order valence-electron chi connectivity index (χ2n) is 2.93. The highest BCUT2D eigenvalue weighted by molar-refractivity contribution is 6.01. The number of fused-ring (bicyclic) bond motifs is 1. The highest BCUT2D eigenvalue weighted by atomic mass is 16.1. The molecule has 0 aromatic carbocycles. The Bertz CT molecular complexity index is 499. The third kappa shape index (κ3) is 1.42. The minimum atomic E-state index is 0.549. The molecule has 0 aliphatic heterocycles. The Balaban J connectivity index is 2.53. The van der Waals surface area contributed by atoms with Gasteiger partial charge in [-0.05, 0) is 19.1 Å². The van der Waals surface area contributed by atoms with E-state index in [1.165, 1.54) is 0 Å². The van der Waals surface area contributed by atoms with Crippen molar-refractivity contribution in [1.29, 1.82) is 0 Å². The van der Waals surface area contributed by atoms with Crippen molar-refractivity contribution >= 4 is 17.8 Å². The number of aromatic nitrogens is 2. The van der Waals surface area contributed by atoms with Crippen LogP contribution in [-0.4, -0.2) is 21.5 Å². The van der Waals surface area contributed by atoms with Crippen LogP contribution in [0, 0.1) is 0 Å². The molecular formula is C10H9N3O. The smallest absolute Gasteiger partial charge is 0.233 e. The normalized spacial score (nSPS) is 11.9. The largest absolute Gasteiger partial charge is 0.306 e. The van der Waals surface area contributed by atoms with Crippen LogP contribution in [0.25, 0.3) is 5.65 Å². The van der Waals surface area contributed by atoms with Crippen LogP contribution in [0.2, 0.25) is 0 Å². The van der Waals surface area contributed by atoms with Gasteiger partial charge in [0.05, 0.1) is 0 Å². The van der Waals surface area contributed by atoms with Gasteiger partial charge in [0.15, 0.2) is 0 Å². The Morgan fingerprint density at radius 3 is 3.21 bits per heavy atom. The molecule has 4 heteroatoms. The number of carbonyl (C=O) groups is 1. The van der Waals surface area contributed by atoms with Crippen molar-refractivity contribution in [3.05, 3.63) is 36.3 Å². The topological polar surface area (TPSA) is 46.7 Å². The fraction of sp³-hybridized carbons (Fsp3) is 0.100. The minimum absolute atomic E-state index is 0.549. The lowest BCUT2D eigenvalue weighted by molar-refractivity contribution is -0.106. The molecule has 2 aromatic rings. The molecule has 0 spiro atoms. The van der Waals surface area contributed by atoms with Gasteiger partial charge in [0, 0.05) is 29.9 Å². The van der Waals surface area contributed by atoms with Crippen LogP contribution in [0.3, 0.4) is 0 Å². The molecular weight excluding hydrogens is 178 g/mol. The zero-order valence-corrected chi connectivity index (χ0v) is 7.71. The molecule has 0 aliphatic carbocycles. The van der Waals surface area contributed by atoms with Crippen LogP contribution in [0.15, 0.2) is 35.7 Å². The first-order valence-electron chi connectivity index (χ1n) is 4.22. The zero-order valence-electron chi connectivity index (χ0n) is 7.71. The zero-order chi connectivity index (χ0) is 9.97. The number of hydrogen-bond acceptors (Lipinski definition) is 2. The monoisotopic (exact) mass is 187 g/mol. The quantitative estimate of drug-likeness (QED) is 0.525. The lowest BCUT2D eigenvalue weighted by Gasteiger charge is -1.99. The second-order valence-corrected chi connectivity index (χ2v) is 2.93. The summed E-state index contributed by atoms with van der Waals surface area (Å²) in [6.45, 7) is 1.80. The SMILES string of the molecule is CC(=NC=O)c1ccc2nccn2c1. The Kier molecular flexibility index (Phi) is 2.10. The van der Waals surface area contributed by atoms with Crippen molar-refractivity contribution in [1.82, 2.24) is 9.38 Å². The van der Waals surface area contributed by atoms with Gasteiger partial charge in [-0.15, -0.1) is 0 Å². The number of aliphatic imine (C=N–C) groups is 1. The van der Waals surface area contributed by atoms with Gasteiger partial charge >= 0.3 is 0 Å². The molecule has 0 atom stereocenters. The maximum Gasteiger partial charge on any atom is 0.233 e. The molecule has 0 saturated heterocycles. The number of rotatable bonds is 2. The van der Waals surface area contributed by atoms with Crippen molar-refractivity contribution in [2.45, 2.75) is 6.92 Å². The Morgan fingerprint density at radius 2 is 2.43 bits per heavy atom. The number of amides is 1. The van der Waals surface area contributed by atoms with E-state index in [2.05, 4.69) is 9.98 Å². The van der Waals surface area contributed by atoms with Crippen LogP contribution in [0.1, 0.15) is 12.5 Å². The van der Waals surface area contributed by atoms with E-state index in [0.717, 1.165) is 11.2 Å². The summed E-state index contributed by atoms with van der Waals surface area (Å²) in [5.41, 5.74) is 2.51. The molecule has 2 heterocycles. The molecule has 0 saturated carbocycles. The highest BCUT2D eigenvalue weighted by Gasteiger charge is 1.99. The Labute approximate surface area is 80.9 Å². The van der Waals surface area contributed by atoms with E-state index < -0.39 is 0 Å². The number of hydrogen-bond donors (Lipinski definition) is 0. The van der Waals surface area contributed by atoms with Crippen LogP contribution >= 0.6 is 0 Å². The summed E-state index contributed by atoms with van der Waals surface area (Å²) in [6.07, 6.45) is 6.02. The standard InChI is InChI=1S/C10H9N3O/c1-8(12-7-14)9-2-3-10-11-4-5-13(10)6-9/h2-7H,1H3. The molecule has 1 amide bonds. The van der Waals surface area contributed by atoms with E-state index in [-0.39, 0.29) is 0 Å². The lowest BCUT2D eigenvalue weighted by atomic mass is 10.2. The summed E-state index contributed by atoms with van der Waals surface area (Å²) in [4.78, 5) is 18.0. The molecule has 0 fully saturated rings. The minimum Gasteiger partial charge on any atom is -0.306 e. The number of nitrogens with zero attached hydrogens (tertiary/aromatic N) is 3. The average molecular weight is 187 g/mol. The van der Waals surface area contributed by atoms with Crippen LogP contribution in [0.5, 0.6) is 0 Å². The molecule has 14 heavy (non-hydrogen) atoms. The Morgan fingerprint density at radius 1 is 1.57 bits per heavy atom. The van der Waals surface area contributed by atoms with E-state index in [0.29, 0.717) is 12.1 Å². The van der Waals surface area contributed by atoms with Crippen LogP contribution in [0.4, 0.5) is 0 Å². The van der Waals surface area contributed by atoms with E-state index in [1.54, 1.807) is 13.1 Å². The molecule has 70 valence electrons. The van der Waals surface area contributed by atoms with Gasteiger partial charge in [0.2, 0.25) is 6.41 Å². The fourth-order valence-electron chi connectivity index (χ4n) is 1.29. The van der Waals surface area contributed by atoms with E-state index in [9.17, 15) is 4.79 Å². The first kappa shape index (κ1) is 8.62. The molecule has 0 bridgehead atoms. The van der Waals surface area contributed by atoms with Gasteiger partial charge in [-0.2, -0.15) is 0 Å². The van der Waals surface area contributed by atoms with Gasteiger partial charge < -0.3 is 4.40 Å². The summed E-state index contributed by atoms with van der Waals surface area (Å²) < 4.78 is 1.89. The first-order valence-corrected chi connectivity index (χ1v) is 4.22. The third-order valence-electron chi connectivity index (χ3n) is 2.05. The van der Waals surface area contributed by atoms with Gasteiger partial charge in [0.1, 0.15) is 5.65 Å². The van der Waals surface area contributed by atoms with E-state index >= 15 is 0 Å². The van der Waals surface area contributed by atoms with Crippen molar-refractivity contribution in [2.75, 3.05) is 0 Å². The van der Waals surface area contributed by atoms with Gasteiger partial charge in [-0.25, -0.2) is 9.98 Å². The van der Waals surface area contributed by atoms with Crippen molar-refractivity contribution in [2.24, 2.45) is 4.99 Å². The van der Waals surface area contributed by atoms with Crippen LogP contribution < -0.4 is 0 Å². The first-order chi connectivity index (χ1) is 6.81. The number of pyridine rings is 1. The molecule has 0 aliphatic rings. The molecule has 2 rings (SSSR count). The molecule has 0 unspecified atom stereocenters. The summed E-state index contributed by atoms with van der Waals surface area (Å²) in [6, 6.07) is 3.78. The van der Waals surface area contributed by atoms with E-state index in [4.69, 9.17) is 0 Å². The molecule has 4 nitrogen and oxygen atoms in total.